The molecule has 17 heavy (non-hydrogen) atoms. The summed E-state index contributed by atoms with van der Waals surface area (Å²) < 4.78 is 0. The second-order valence-electron chi connectivity index (χ2n) is 6.40. The van der Waals surface area contributed by atoms with Crippen molar-refractivity contribution in [3.05, 3.63) is 0 Å². The van der Waals surface area contributed by atoms with Gasteiger partial charge in [0, 0.05) is 24.7 Å². The van der Waals surface area contributed by atoms with E-state index in [1.807, 2.05) is 0 Å². The smallest absolute Gasteiger partial charge is 0.0278 e. The number of hydrogen-bond donors (Lipinski definition) is 1. The van der Waals surface area contributed by atoms with Gasteiger partial charge in [-0.05, 0) is 38.6 Å². The second-order valence-corrected chi connectivity index (χ2v) is 6.40. The Balaban J connectivity index is 2.58. The molecule has 102 valence electrons. The maximum absolute atomic E-state index is 3.77. The zero-order valence-corrected chi connectivity index (χ0v) is 12.6. The molecule has 0 amide bonds. The first-order chi connectivity index (χ1) is 8.00. The minimum Gasteiger partial charge on any atom is -0.309 e. The van der Waals surface area contributed by atoms with Crippen molar-refractivity contribution in [1.82, 2.24) is 10.2 Å². The minimum atomic E-state index is 0.335. The highest BCUT2D eigenvalue weighted by Gasteiger charge is 2.34. The van der Waals surface area contributed by atoms with Crippen molar-refractivity contribution in [2.45, 2.75) is 71.9 Å². The van der Waals surface area contributed by atoms with Crippen LogP contribution in [0.3, 0.4) is 0 Å². The van der Waals surface area contributed by atoms with Crippen LogP contribution < -0.4 is 5.32 Å². The lowest BCUT2D eigenvalue weighted by atomic mass is 9.90. The van der Waals surface area contributed by atoms with E-state index in [1.165, 1.54) is 45.3 Å². The van der Waals surface area contributed by atoms with E-state index in [1.54, 1.807) is 0 Å². The largest absolute Gasteiger partial charge is 0.309 e. The molecule has 2 unspecified atom stereocenters. The van der Waals surface area contributed by atoms with Gasteiger partial charge in [0.15, 0.2) is 0 Å². The van der Waals surface area contributed by atoms with Crippen molar-refractivity contribution >= 4 is 0 Å². The monoisotopic (exact) mass is 240 g/mol. The maximum Gasteiger partial charge on any atom is 0.0278 e. The molecule has 0 radical (unpaired) electrons. The topological polar surface area (TPSA) is 15.3 Å². The van der Waals surface area contributed by atoms with Gasteiger partial charge in [0.1, 0.15) is 0 Å². The molecule has 1 aliphatic rings. The first-order valence-electron chi connectivity index (χ1n) is 7.49. The minimum absolute atomic E-state index is 0.335. The number of unbranched alkanes of at least 4 members (excludes halogenated alkanes) is 1. The molecular weight excluding hydrogens is 208 g/mol. The molecule has 0 bridgehead atoms. The maximum atomic E-state index is 3.77. The average molecular weight is 240 g/mol. The third-order valence-corrected chi connectivity index (χ3v) is 4.16. The van der Waals surface area contributed by atoms with E-state index in [-0.39, 0.29) is 0 Å². The Morgan fingerprint density at radius 1 is 1.35 bits per heavy atom. The van der Waals surface area contributed by atoms with Gasteiger partial charge in [-0.15, -0.1) is 0 Å². The Morgan fingerprint density at radius 2 is 2.06 bits per heavy atom. The third kappa shape index (κ3) is 4.59. The first kappa shape index (κ1) is 15.0. The molecule has 0 aromatic heterocycles. The van der Waals surface area contributed by atoms with Gasteiger partial charge in [0.2, 0.25) is 0 Å². The predicted octanol–water partition coefficient (Wildman–Crippen LogP) is 3.28. The molecule has 0 aromatic carbocycles. The molecule has 1 saturated heterocycles. The summed E-state index contributed by atoms with van der Waals surface area (Å²) in [4.78, 5) is 2.74. The van der Waals surface area contributed by atoms with Gasteiger partial charge in [0.05, 0.1) is 0 Å². The number of hydrogen-bond acceptors (Lipinski definition) is 2. The molecule has 0 spiro atoms. The number of nitrogens with zero attached hydrogens (tertiary/aromatic N) is 1. The number of piperazine rings is 1. The lowest BCUT2D eigenvalue weighted by molar-refractivity contribution is 0.0718. The van der Waals surface area contributed by atoms with Gasteiger partial charge in [-0.25, -0.2) is 0 Å². The Bertz CT molecular complexity index is 215. The van der Waals surface area contributed by atoms with E-state index in [9.17, 15) is 0 Å². The Hall–Kier alpha value is -0.0800. The van der Waals surface area contributed by atoms with Crippen LogP contribution in [0, 0.1) is 5.92 Å². The molecule has 2 heteroatoms. The fourth-order valence-corrected chi connectivity index (χ4v) is 2.76. The van der Waals surface area contributed by atoms with Crippen LogP contribution in [0.5, 0.6) is 0 Å². The molecule has 1 fully saturated rings. The van der Waals surface area contributed by atoms with E-state index in [0.29, 0.717) is 5.54 Å². The third-order valence-electron chi connectivity index (χ3n) is 4.16. The summed E-state index contributed by atoms with van der Waals surface area (Å²) in [5, 5.41) is 3.77. The highest BCUT2D eigenvalue weighted by molar-refractivity contribution is 4.94. The number of nitrogens with one attached hydrogen (secondary N) is 1. The zero-order valence-electron chi connectivity index (χ0n) is 12.6. The molecule has 2 atom stereocenters. The predicted molar refractivity (Wildman–Crippen MR) is 76.4 cm³/mol. The summed E-state index contributed by atoms with van der Waals surface area (Å²) >= 11 is 0. The molecule has 1 N–H and O–H groups in total. The van der Waals surface area contributed by atoms with Crippen LogP contribution >= 0.6 is 0 Å². The van der Waals surface area contributed by atoms with Gasteiger partial charge in [-0.2, -0.15) is 0 Å². The Kier molecular flexibility index (Phi) is 5.94. The summed E-state index contributed by atoms with van der Waals surface area (Å²) in [5.41, 5.74) is 0.335. The van der Waals surface area contributed by atoms with Crippen molar-refractivity contribution in [3.63, 3.8) is 0 Å². The summed E-state index contributed by atoms with van der Waals surface area (Å²) in [6, 6.07) is 0.751. The van der Waals surface area contributed by atoms with E-state index in [0.717, 1.165) is 12.0 Å². The van der Waals surface area contributed by atoms with Crippen LogP contribution in [0.1, 0.15) is 60.3 Å². The fourth-order valence-electron chi connectivity index (χ4n) is 2.76. The summed E-state index contributed by atoms with van der Waals surface area (Å²) in [6.45, 7) is 15.3. The van der Waals surface area contributed by atoms with E-state index in [2.05, 4.69) is 44.8 Å². The van der Waals surface area contributed by atoms with Crippen molar-refractivity contribution in [2.75, 3.05) is 19.6 Å². The van der Waals surface area contributed by atoms with Crippen LogP contribution in [0.4, 0.5) is 0 Å². The molecule has 0 aliphatic carbocycles. The molecule has 0 aromatic rings. The van der Waals surface area contributed by atoms with Crippen LogP contribution in [0.25, 0.3) is 0 Å². The molecule has 1 heterocycles. The Morgan fingerprint density at radius 3 is 2.59 bits per heavy atom. The van der Waals surface area contributed by atoms with E-state index >= 15 is 0 Å². The van der Waals surface area contributed by atoms with Crippen molar-refractivity contribution in [1.29, 1.82) is 0 Å². The van der Waals surface area contributed by atoms with Gasteiger partial charge in [-0.3, -0.25) is 4.90 Å². The van der Waals surface area contributed by atoms with Crippen LogP contribution in [-0.4, -0.2) is 36.1 Å². The van der Waals surface area contributed by atoms with Crippen LogP contribution in [-0.2, 0) is 0 Å². The highest BCUT2D eigenvalue weighted by Crippen LogP contribution is 2.22. The highest BCUT2D eigenvalue weighted by atomic mass is 15.2. The summed E-state index contributed by atoms with van der Waals surface area (Å²) in [6.07, 6.45) is 5.20. The van der Waals surface area contributed by atoms with Gasteiger partial charge in [0.25, 0.3) is 0 Å². The van der Waals surface area contributed by atoms with Gasteiger partial charge < -0.3 is 5.32 Å². The Labute approximate surface area is 108 Å². The van der Waals surface area contributed by atoms with Crippen molar-refractivity contribution < 1.29 is 0 Å². The SMILES string of the molecule is CCCCN1CC(C)(CC)NCC1CC(C)C. The second kappa shape index (κ2) is 6.75. The van der Waals surface area contributed by atoms with E-state index in [4.69, 9.17) is 0 Å². The molecule has 2 nitrogen and oxygen atoms in total. The normalized spacial score (nSPS) is 31.1. The summed E-state index contributed by atoms with van der Waals surface area (Å²) in [5.74, 6) is 0.803. The zero-order chi connectivity index (χ0) is 12.9. The molecule has 1 aliphatic heterocycles. The number of rotatable bonds is 6. The van der Waals surface area contributed by atoms with Gasteiger partial charge in [-0.1, -0.05) is 34.1 Å². The van der Waals surface area contributed by atoms with Gasteiger partial charge >= 0.3 is 0 Å². The molecular formula is C15H32N2. The molecule has 1 rings (SSSR count). The van der Waals surface area contributed by atoms with Crippen LogP contribution in [0.2, 0.25) is 0 Å². The lowest BCUT2D eigenvalue weighted by Crippen LogP contribution is -2.62. The van der Waals surface area contributed by atoms with E-state index < -0.39 is 0 Å². The van der Waals surface area contributed by atoms with Crippen LogP contribution in [0.15, 0.2) is 0 Å². The van der Waals surface area contributed by atoms with Crippen molar-refractivity contribution in [3.8, 4) is 0 Å². The average Bonchev–Trinajstić information content (AvgIpc) is 2.29. The lowest BCUT2D eigenvalue weighted by Gasteiger charge is -2.46. The first-order valence-corrected chi connectivity index (χ1v) is 7.49. The quantitative estimate of drug-likeness (QED) is 0.766. The summed E-state index contributed by atoms with van der Waals surface area (Å²) in [7, 11) is 0. The molecule has 0 saturated carbocycles. The standard InChI is InChI=1S/C15H32N2/c1-6-8-9-17-12-15(5,7-2)16-11-14(17)10-13(3)4/h13-14,16H,6-12H2,1-5H3. The van der Waals surface area contributed by atoms with Crippen molar-refractivity contribution in [2.24, 2.45) is 5.92 Å². The fraction of sp³-hybridized carbons (Fsp3) is 1.00.